The van der Waals surface area contributed by atoms with E-state index in [1.165, 1.54) is 5.56 Å². The van der Waals surface area contributed by atoms with Crippen LogP contribution >= 0.6 is 0 Å². The Labute approximate surface area is 154 Å². The molecule has 0 spiro atoms. The van der Waals surface area contributed by atoms with Gasteiger partial charge >= 0.3 is 0 Å². The second kappa shape index (κ2) is 8.13. The second-order valence-electron chi connectivity index (χ2n) is 6.60. The van der Waals surface area contributed by atoms with Crippen molar-refractivity contribution in [2.75, 3.05) is 27.3 Å². The van der Waals surface area contributed by atoms with Crippen molar-refractivity contribution >= 4 is 5.91 Å². The number of ether oxygens (including phenoxy) is 2. The molecular formula is C21H25NO4. The topological polar surface area (TPSA) is 59.0 Å². The summed E-state index contributed by atoms with van der Waals surface area (Å²) in [4.78, 5) is 14.6. The molecule has 1 heterocycles. The third-order valence-corrected chi connectivity index (χ3v) is 5.05. The molecule has 5 heteroatoms. The molecule has 0 radical (unpaired) electrons. The van der Waals surface area contributed by atoms with E-state index in [9.17, 15) is 9.90 Å². The van der Waals surface area contributed by atoms with Crippen molar-refractivity contribution in [2.45, 2.75) is 25.2 Å². The van der Waals surface area contributed by atoms with E-state index in [-0.39, 0.29) is 11.7 Å². The van der Waals surface area contributed by atoms with Crippen molar-refractivity contribution in [3.05, 3.63) is 53.6 Å². The van der Waals surface area contributed by atoms with Crippen molar-refractivity contribution in [3.8, 4) is 17.2 Å². The second-order valence-corrected chi connectivity index (χ2v) is 6.60. The molecule has 1 N–H and O–H groups in total. The summed E-state index contributed by atoms with van der Waals surface area (Å²) < 4.78 is 10.6. The molecule has 138 valence electrons. The molecule has 1 aliphatic heterocycles. The van der Waals surface area contributed by atoms with Crippen LogP contribution in [0.1, 0.15) is 29.9 Å². The molecule has 0 atom stereocenters. The number of nitrogens with zero attached hydrogens (tertiary/aromatic N) is 1. The molecule has 0 bridgehead atoms. The van der Waals surface area contributed by atoms with Gasteiger partial charge in [-0.25, -0.2) is 0 Å². The molecule has 0 aromatic heterocycles. The predicted octanol–water partition coefficient (Wildman–Crippen LogP) is 3.36. The van der Waals surface area contributed by atoms with Gasteiger partial charge in [0, 0.05) is 24.7 Å². The molecule has 1 amide bonds. The van der Waals surface area contributed by atoms with Crippen LogP contribution in [-0.4, -0.2) is 43.2 Å². The largest absolute Gasteiger partial charge is 0.508 e. The lowest BCUT2D eigenvalue weighted by Crippen LogP contribution is -2.38. The average molecular weight is 355 g/mol. The lowest BCUT2D eigenvalue weighted by molar-refractivity contribution is -0.131. The summed E-state index contributed by atoms with van der Waals surface area (Å²) in [6.07, 6.45) is 2.21. The SMILES string of the molecule is COc1ccc(CC(=O)N2CCC(c3ccc(O)cc3)CC2)c(OC)c1. The van der Waals surface area contributed by atoms with Gasteiger partial charge in [0.25, 0.3) is 0 Å². The number of aromatic hydroxyl groups is 1. The van der Waals surface area contributed by atoms with Gasteiger partial charge in [-0.05, 0) is 42.5 Å². The summed E-state index contributed by atoms with van der Waals surface area (Å²) in [7, 11) is 3.21. The van der Waals surface area contributed by atoms with E-state index in [0.717, 1.165) is 31.5 Å². The van der Waals surface area contributed by atoms with Gasteiger partial charge in [-0.1, -0.05) is 18.2 Å². The number of phenols is 1. The zero-order valence-corrected chi connectivity index (χ0v) is 15.3. The van der Waals surface area contributed by atoms with Gasteiger partial charge in [-0.2, -0.15) is 0 Å². The van der Waals surface area contributed by atoms with Gasteiger partial charge in [0.1, 0.15) is 17.2 Å². The lowest BCUT2D eigenvalue weighted by Gasteiger charge is -2.32. The minimum Gasteiger partial charge on any atom is -0.508 e. The van der Waals surface area contributed by atoms with E-state index in [1.807, 2.05) is 29.2 Å². The van der Waals surface area contributed by atoms with Crippen LogP contribution < -0.4 is 9.47 Å². The number of amides is 1. The molecule has 0 unspecified atom stereocenters. The van der Waals surface area contributed by atoms with Crippen LogP contribution in [0.15, 0.2) is 42.5 Å². The highest BCUT2D eigenvalue weighted by molar-refractivity contribution is 5.79. The molecule has 5 nitrogen and oxygen atoms in total. The molecule has 0 saturated carbocycles. The van der Waals surface area contributed by atoms with Crippen LogP contribution in [-0.2, 0) is 11.2 Å². The predicted molar refractivity (Wildman–Crippen MR) is 99.9 cm³/mol. The first-order chi connectivity index (χ1) is 12.6. The number of hydrogen-bond donors (Lipinski definition) is 1. The molecular weight excluding hydrogens is 330 g/mol. The highest BCUT2D eigenvalue weighted by atomic mass is 16.5. The Balaban J connectivity index is 1.59. The summed E-state index contributed by atoms with van der Waals surface area (Å²) in [5, 5.41) is 9.41. The van der Waals surface area contributed by atoms with Crippen molar-refractivity contribution in [1.29, 1.82) is 0 Å². The molecule has 1 fully saturated rings. The standard InChI is InChI=1S/C21H25NO4/c1-25-19-8-5-17(20(14-19)26-2)13-21(24)22-11-9-16(10-12-22)15-3-6-18(23)7-4-15/h3-8,14,16,23H,9-13H2,1-2H3. The van der Waals surface area contributed by atoms with Gasteiger partial charge < -0.3 is 19.5 Å². The number of rotatable bonds is 5. The highest BCUT2D eigenvalue weighted by Crippen LogP contribution is 2.30. The van der Waals surface area contributed by atoms with Gasteiger partial charge in [-0.15, -0.1) is 0 Å². The molecule has 0 aliphatic carbocycles. The average Bonchev–Trinajstić information content (AvgIpc) is 2.69. The quantitative estimate of drug-likeness (QED) is 0.893. The Morgan fingerprint density at radius 1 is 1.08 bits per heavy atom. The van der Waals surface area contributed by atoms with Crippen molar-refractivity contribution in [1.82, 2.24) is 4.90 Å². The molecule has 26 heavy (non-hydrogen) atoms. The summed E-state index contributed by atoms with van der Waals surface area (Å²) in [6, 6.07) is 12.9. The first-order valence-corrected chi connectivity index (χ1v) is 8.88. The zero-order valence-electron chi connectivity index (χ0n) is 15.3. The minimum absolute atomic E-state index is 0.123. The van der Waals surface area contributed by atoms with E-state index in [4.69, 9.17) is 9.47 Å². The molecule has 3 rings (SSSR count). The smallest absolute Gasteiger partial charge is 0.227 e. The van der Waals surface area contributed by atoms with E-state index in [1.54, 1.807) is 32.4 Å². The third kappa shape index (κ3) is 4.10. The number of likely N-dealkylation sites (tertiary alicyclic amines) is 1. The molecule has 2 aromatic rings. The van der Waals surface area contributed by atoms with Gasteiger partial charge in [-0.3, -0.25) is 4.79 Å². The number of hydrogen-bond acceptors (Lipinski definition) is 4. The molecule has 1 aliphatic rings. The Bertz CT molecular complexity index is 749. The maximum atomic E-state index is 12.7. The van der Waals surface area contributed by atoms with Crippen LogP contribution in [0.25, 0.3) is 0 Å². The molecule has 2 aromatic carbocycles. The summed E-state index contributed by atoms with van der Waals surface area (Å²) >= 11 is 0. The molecule has 1 saturated heterocycles. The van der Waals surface area contributed by atoms with Gasteiger partial charge in [0.05, 0.1) is 20.6 Å². The van der Waals surface area contributed by atoms with Crippen LogP contribution in [0, 0.1) is 0 Å². The highest BCUT2D eigenvalue weighted by Gasteiger charge is 2.24. The van der Waals surface area contributed by atoms with Crippen molar-refractivity contribution < 1.29 is 19.4 Å². The van der Waals surface area contributed by atoms with Gasteiger partial charge in [0.15, 0.2) is 0 Å². The van der Waals surface area contributed by atoms with Crippen LogP contribution in [0.3, 0.4) is 0 Å². The van der Waals surface area contributed by atoms with E-state index < -0.39 is 0 Å². The fourth-order valence-corrected chi connectivity index (χ4v) is 3.48. The Morgan fingerprint density at radius 3 is 2.38 bits per heavy atom. The fourth-order valence-electron chi connectivity index (χ4n) is 3.48. The van der Waals surface area contributed by atoms with E-state index in [0.29, 0.717) is 23.8 Å². The zero-order chi connectivity index (χ0) is 18.5. The summed E-state index contributed by atoms with van der Waals surface area (Å²) in [6.45, 7) is 1.51. The first kappa shape index (κ1) is 18.1. The monoisotopic (exact) mass is 355 g/mol. The Morgan fingerprint density at radius 2 is 1.77 bits per heavy atom. The number of carbonyl (C=O) groups excluding carboxylic acids is 1. The van der Waals surface area contributed by atoms with E-state index >= 15 is 0 Å². The van der Waals surface area contributed by atoms with Crippen LogP contribution in [0.2, 0.25) is 0 Å². The number of phenolic OH excluding ortho intramolecular Hbond substituents is 1. The normalized spacial score (nSPS) is 14.9. The maximum Gasteiger partial charge on any atom is 0.227 e. The van der Waals surface area contributed by atoms with E-state index in [2.05, 4.69) is 0 Å². The summed E-state index contributed by atoms with van der Waals surface area (Å²) in [5.74, 6) is 2.24. The number of methoxy groups -OCH3 is 2. The van der Waals surface area contributed by atoms with Gasteiger partial charge in [0.2, 0.25) is 5.91 Å². The Kier molecular flexibility index (Phi) is 5.66. The minimum atomic E-state index is 0.123. The van der Waals surface area contributed by atoms with Crippen LogP contribution in [0.4, 0.5) is 0 Å². The first-order valence-electron chi connectivity index (χ1n) is 8.88. The fraction of sp³-hybridized carbons (Fsp3) is 0.381. The number of carbonyl (C=O) groups is 1. The van der Waals surface area contributed by atoms with Crippen molar-refractivity contribution in [2.24, 2.45) is 0 Å². The third-order valence-electron chi connectivity index (χ3n) is 5.05. The lowest BCUT2D eigenvalue weighted by atomic mass is 9.89. The number of benzene rings is 2. The van der Waals surface area contributed by atoms with Crippen molar-refractivity contribution in [3.63, 3.8) is 0 Å². The summed E-state index contributed by atoms with van der Waals surface area (Å²) in [5.41, 5.74) is 2.10. The Hall–Kier alpha value is -2.69. The van der Waals surface area contributed by atoms with Crippen LogP contribution in [0.5, 0.6) is 17.2 Å². The maximum absolute atomic E-state index is 12.7. The number of piperidine rings is 1.